The van der Waals surface area contributed by atoms with E-state index in [1.807, 2.05) is 4.98 Å². The maximum atomic E-state index is 14.0. The minimum absolute atomic E-state index is 0.389. The van der Waals surface area contributed by atoms with Crippen LogP contribution in [0.3, 0.4) is 0 Å². The SMILES string of the molecule is [2H]C([2H])C1([2H])C([2H])([2H])C2([2H])C([2H])([2H])C(C)(c3nc4c([nH]3)c(=O)n(C([2H])([2H])CC([2H])([2H])[2H])c(=O)n4C([2H])([2H])C([2H])([2H])C([2H])([2H])[2H])C([2H])([2H])C([2H])(C1([2H])[2H])C2([2H])[2H]. The lowest BCUT2D eigenvalue weighted by molar-refractivity contribution is 0.0863. The third-order valence-corrected chi connectivity index (χ3v) is 4.09. The average molecular weight is 414 g/mol. The van der Waals surface area contributed by atoms with Gasteiger partial charge in [0.1, 0.15) is 11.3 Å². The number of fused-ring (bicyclic) bond motifs is 3. The Labute approximate surface area is 204 Å². The molecule has 154 valence electrons. The Morgan fingerprint density at radius 2 is 2.04 bits per heavy atom. The number of aromatic amines is 1. The third-order valence-electron chi connectivity index (χ3n) is 4.09. The van der Waals surface area contributed by atoms with Gasteiger partial charge in [0.25, 0.3) is 5.56 Å². The highest BCUT2D eigenvalue weighted by Crippen LogP contribution is 2.50. The molecular weight excluding hydrogens is 352 g/mol. The van der Waals surface area contributed by atoms with Gasteiger partial charge in [-0.25, -0.2) is 9.78 Å². The van der Waals surface area contributed by atoms with E-state index in [1.165, 1.54) is 0 Å². The first-order chi connectivity index (χ1) is 23.8. The van der Waals surface area contributed by atoms with E-state index in [0.717, 1.165) is 0 Å². The van der Waals surface area contributed by atoms with Crippen LogP contribution in [0.1, 0.15) is 115 Å². The highest BCUT2D eigenvalue weighted by molar-refractivity contribution is 5.70. The van der Waals surface area contributed by atoms with Gasteiger partial charge in [0.2, 0.25) is 0 Å². The van der Waals surface area contributed by atoms with E-state index in [9.17, 15) is 12.3 Å². The van der Waals surface area contributed by atoms with E-state index in [1.54, 1.807) is 0 Å². The molecule has 4 rings (SSSR count). The first-order valence-electron chi connectivity index (χ1n) is 21.6. The molecule has 2 fully saturated rings. The molecule has 6 nitrogen and oxygen atoms in total. The van der Waals surface area contributed by atoms with Gasteiger partial charge in [0.15, 0.2) is 5.65 Å². The number of nitrogens with zero attached hydrogens (tertiary/aromatic N) is 3. The Morgan fingerprint density at radius 1 is 1.25 bits per heavy atom. The van der Waals surface area contributed by atoms with Crippen LogP contribution in [0, 0.1) is 17.7 Å². The third kappa shape index (κ3) is 3.15. The van der Waals surface area contributed by atoms with Crippen LogP contribution in [0.15, 0.2) is 9.59 Å². The molecule has 0 saturated heterocycles. The number of imidazole rings is 1. The number of hydrogen-bond donors (Lipinski definition) is 1. The Balaban J connectivity index is 2.35. The predicted octanol–water partition coefficient (Wildman–Crippen LogP) is 3.81. The highest BCUT2D eigenvalue weighted by atomic mass is 16.2. The molecule has 2 aromatic heterocycles. The molecule has 0 aliphatic heterocycles. The van der Waals surface area contributed by atoms with Crippen LogP contribution in [0.2, 0.25) is 0 Å². The molecule has 28 heavy (non-hydrogen) atoms. The first kappa shape index (κ1) is 5.25. The van der Waals surface area contributed by atoms with E-state index < -0.39 is 139 Å². The van der Waals surface area contributed by atoms with Gasteiger partial charge in [-0.05, 0) is 62.3 Å². The van der Waals surface area contributed by atoms with Crippen LogP contribution in [-0.2, 0) is 18.4 Å². The van der Waals surface area contributed by atoms with Crippen molar-refractivity contribution in [3.8, 4) is 0 Å². The summed E-state index contributed by atoms with van der Waals surface area (Å²) < 4.78 is 226. The summed E-state index contributed by atoms with van der Waals surface area (Å²) in [6, 6.07) is 0. The smallest absolute Gasteiger partial charge is 0.332 e. The number of aromatic nitrogens is 4. The maximum Gasteiger partial charge on any atom is 0.332 e. The van der Waals surface area contributed by atoms with Crippen molar-refractivity contribution in [2.24, 2.45) is 17.7 Å². The number of nitrogens with one attached hydrogen (secondary N) is 1. The lowest BCUT2D eigenvalue weighted by Crippen LogP contribution is -2.40. The summed E-state index contributed by atoms with van der Waals surface area (Å²) in [5.41, 5.74) is -10.9. The van der Waals surface area contributed by atoms with Crippen LogP contribution >= 0.6 is 0 Å². The summed E-state index contributed by atoms with van der Waals surface area (Å²) in [6.45, 7) is -17.9. The van der Waals surface area contributed by atoms with Crippen LogP contribution in [0.5, 0.6) is 0 Å². The topological polar surface area (TPSA) is 72.7 Å². The zero-order valence-corrected chi connectivity index (χ0v) is 14.4. The number of hydrogen-bond acceptors (Lipinski definition) is 3. The van der Waals surface area contributed by atoms with Crippen LogP contribution in [0.25, 0.3) is 11.2 Å². The van der Waals surface area contributed by atoms with Gasteiger partial charge in [0, 0.05) is 52.7 Å². The number of aryl methyl sites for hydroxylation is 1. The normalized spacial score (nSPS) is 63.7. The minimum Gasteiger partial charge on any atom is -0.336 e. The lowest BCUT2D eigenvalue weighted by atomic mass is 9.59. The van der Waals surface area contributed by atoms with Gasteiger partial charge in [-0.1, -0.05) is 27.5 Å². The largest absolute Gasteiger partial charge is 0.336 e. The van der Waals surface area contributed by atoms with Gasteiger partial charge in [0.05, 0.1) is 2.74 Å². The Hall–Kier alpha value is -1.85. The molecule has 0 spiro atoms. The molecular formula is C22H34N4O2. The number of rotatable bonds is 5. The molecule has 2 atom stereocenters. The summed E-state index contributed by atoms with van der Waals surface area (Å²) in [6.07, 6.45) is -27.5. The molecule has 1 N–H and O–H groups in total. The quantitative estimate of drug-likeness (QED) is 0.810. The fraction of sp³-hybridized carbons (Fsp3) is 0.773. The van der Waals surface area contributed by atoms with E-state index in [4.69, 9.17) is 34.3 Å². The molecule has 2 saturated carbocycles. The van der Waals surface area contributed by atoms with Crippen molar-refractivity contribution in [3.05, 3.63) is 26.7 Å². The second kappa shape index (κ2) is 7.20. The molecule has 2 aromatic rings. The van der Waals surface area contributed by atoms with Crippen molar-refractivity contribution in [3.63, 3.8) is 0 Å². The zero-order chi connectivity index (χ0) is 43.7. The molecule has 2 bridgehead atoms. The van der Waals surface area contributed by atoms with Gasteiger partial charge in [-0.3, -0.25) is 13.9 Å². The van der Waals surface area contributed by atoms with Crippen molar-refractivity contribution in [1.82, 2.24) is 19.1 Å². The lowest BCUT2D eigenvalue weighted by Gasteiger charge is -2.46. The molecule has 0 aromatic carbocycles. The Kier molecular flexibility index (Phi) is 1.35. The van der Waals surface area contributed by atoms with Crippen molar-refractivity contribution >= 4 is 11.2 Å². The molecule has 0 radical (unpaired) electrons. The highest BCUT2D eigenvalue weighted by Gasteiger charge is 2.43. The molecule has 0 amide bonds. The second-order valence-corrected chi connectivity index (χ2v) is 6.03. The fourth-order valence-corrected chi connectivity index (χ4v) is 2.94. The fourth-order valence-electron chi connectivity index (χ4n) is 2.94. The Morgan fingerprint density at radius 3 is 2.71 bits per heavy atom. The van der Waals surface area contributed by atoms with Crippen molar-refractivity contribution < 1.29 is 37.0 Å². The van der Waals surface area contributed by atoms with Gasteiger partial charge in [-0.15, -0.1) is 0 Å². The van der Waals surface area contributed by atoms with Gasteiger partial charge < -0.3 is 4.98 Å². The Bertz CT molecular complexity index is 1970. The standard InChI is InChI=1S/C22H34N4O2/c1-5-7-25-18-17(19(27)26(8-6-2)21(25)28)23-20(24-18)22(4)12-15-9-14(3)10-16(11-15)13-22/h14-16H,5-13H2,1-4H3,(H,23,24)/i1D3,2D3,3D2,5D2,7D2,8D2,9D2,10D2,11D2,12D2,13D2,14D,15D,16D. The number of H-pyrrole nitrogens is 1. The summed E-state index contributed by atoms with van der Waals surface area (Å²) in [5.74, 6) is -14.4. The summed E-state index contributed by atoms with van der Waals surface area (Å²) in [5, 5.41) is 0. The first-order valence-corrected chi connectivity index (χ1v) is 7.94. The average Bonchev–Trinajstić information content (AvgIpc) is 3.40. The van der Waals surface area contributed by atoms with Crippen LogP contribution in [0.4, 0.5) is 0 Å². The van der Waals surface area contributed by atoms with Crippen LogP contribution in [-0.4, -0.2) is 19.1 Å². The monoisotopic (exact) mass is 413 g/mol. The molecule has 2 aliphatic rings. The van der Waals surface area contributed by atoms with Crippen molar-refractivity contribution in [2.45, 2.75) is 90.6 Å². The minimum atomic E-state index is -4.40. The van der Waals surface area contributed by atoms with E-state index >= 15 is 0 Å². The second-order valence-electron chi connectivity index (χ2n) is 6.03. The summed E-state index contributed by atoms with van der Waals surface area (Å²) in [4.78, 5) is 33.6. The summed E-state index contributed by atoms with van der Waals surface area (Å²) in [7, 11) is 0. The zero-order valence-electron chi connectivity index (χ0n) is 41.4. The summed E-state index contributed by atoms with van der Waals surface area (Å²) >= 11 is 0. The van der Waals surface area contributed by atoms with Crippen LogP contribution < -0.4 is 11.2 Å². The molecule has 2 heterocycles. The van der Waals surface area contributed by atoms with E-state index in [-0.39, 0.29) is 0 Å². The molecule has 2 aliphatic carbocycles. The molecule has 2 unspecified atom stereocenters. The van der Waals surface area contributed by atoms with Crippen molar-refractivity contribution in [2.75, 3.05) is 0 Å². The van der Waals surface area contributed by atoms with E-state index in [0.29, 0.717) is 6.92 Å². The predicted molar refractivity (Wildman–Crippen MR) is 112 cm³/mol. The van der Waals surface area contributed by atoms with Gasteiger partial charge >= 0.3 is 5.69 Å². The van der Waals surface area contributed by atoms with E-state index in [2.05, 4.69) is 4.98 Å². The maximum absolute atomic E-state index is 14.0. The van der Waals surface area contributed by atoms with Crippen molar-refractivity contribution in [1.29, 1.82) is 0 Å². The van der Waals surface area contributed by atoms with Gasteiger partial charge in [-0.2, -0.15) is 0 Å². The molecule has 6 heteroatoms.